The van der Waals surface area contributed by atoms with Gasteiger partial charge in [0.1, 0.15) is 11.5 Å². The highest BCUT2D eigenvalue weighted by atomic mass is 32.1. The Labute approximate surface area is 146 Å². The van der Waals surface area contributed by atoms with Gasteiger partial charge in [-0.05, 0) is 18.2 Å². The topological polar surface area (TPSA) is 63.0 Å². The van der Waals surface area contributed by atoms with Gasteiger partial charge in [0.15, 0.2) is 4.80 Å². The standard InChI is InChI=1S/C18H13FN4OS/c19-15-6-2-1-4-12(15)11-23-8-9-25-18(23)22-17(24)14-10-21-16-13(14)5-3-7-20-16/h1-10H,11H2,(H,20,21). The quantitative estimate of drug-likeness (QED) is 0.614. The first kappa shape index (κ1) is 15.5. The molecule has 0 aliphatic carbocycles. The minimum Gasteiger partial charge on any atom is -0.345 e. The van der Waals surface area contributed by atoms with Gasteiger partial charge in [-0.3, -0.25) is 4.79 Å². The van der Waals surface area contributed by atoms with Gasteiger partial charge in [-0.15, -0.1) is 11.3 Å². The van der Waals surface area contributed by atoms with Gasteiger partial charge in [-0.25, -0.2) is 9.37 Å². The van der Waals surface area contributed by atoms with Crippen molar-refractivity contribution in [2.24, 2.45) is 4.99 Å². The van der Waals surface area contributed by atoms with E-state index in [1.54, 1.807) is 47.4 Å². The molecule has 0 atom stereocenters. The van der Waals surface area contributed by atoms with Crippen LogP contribution in [0, 0.1) is 5.82 Å². The zero-order valence-corrected chi connectivity index (χ0v) is 13.8. The molecule has 1 amide bonds. The third kappa shape index (κ3) is 3.01. The maximum atomic E-state index is 13.9. The largest absolute Gasteiger partial charge is 0.345 e. The van der Waals surface area contributed by atoms with Gasteiger partial charge in [0.25, 0.3) is 5.91 Å². The lowest BCUT2D eigenvalue weighted by atomic mass is 10.2. The second kappa shape index (κ2) is 6.45. The number of H-pyrrole nitrogens is 1. The second-order valence-corrected chi connectivity index (χ2v) is 6.30. The summed E-state index contributed by atoms with van der Waals surface area (Å²) in [6.45, 7) is 0.317. The van der Waals surface area contributed by atoms with Gasteiger partial charge >= 0.3 is 0 Å². The Morgan fingerprint density at radius 2 is 2.16 bits per heavy atom. The molecular formula is C18H13FN4OS. The van der Waals surface area contributed by atoms with Crippen LogP contribution in [0.15, 0.2) is 65.4 Å². The fourth-order valence-corrected chi connectivity index (χ4v) is 3.32. The van der Waals surface area contributed by atoms with Crippen LogP contribution in [0.25, 0.3) is 11.0 Å². The van der Waals surface area contributed by atoms with Gasteiger partial charge in [0.2, 0.25) is 0 Å². The molecule has 7 heteroatoms. The van der Waals surface area contributed by atoms with Crippen molar-refractivity contribution in [1.82, 2.24) is 14.5 Å². The average molecular weight is 352 g/mol. The molecule has 124 valence electrons. The first-order valence-corrected chi connectivity index (χ1v) is 8.49. The molecule has 0 spiro atoms. The number of benzene rings is 1. The van der Waals surface area contributed by atoms with E-state index in [2.05, 4.69) is 15.0 Å². The van der Waals surface area contributed by atoms with Crippen molar-refractivity contribution in [1.29, 1.82) is 0 Å². The number of pyridine rings is 1. The Balaban J connectivity index is 1.70. The molecule has 3 aromatic heterocycles. The Bertz CT molecular complexity index is 1130. The lowest BCUT2D eigenvalue weighted by Crippen LogP contribution is -2.17. The van der Waals surface area contributed by atoms with Crippen molar-refractivity contribution >= 4 is 28.3 Å². The summed E-state index contributed by atoms with van der Waals surface area (Å²) in [6, 6.07) is 10.2. The van der Waals surface area contributed by atoms with Gasteiger partial charge in [0, 0.05) is 34.9 Å². The van der Waals surface area contributed by atoms with Crippen LogP contribution in [0.5, 0.6) is 0 Å². The SMILES string of the molecule is O=C(N=c1sccn1Cc1ccccc1F)c1c[nH]c2ncccc12. The maximum absolute atomic E-state index is 13.9. The van der Waals surface area contributed by atoms with Crippen LogP contribution in [0.2, 0.25) is 0 Å². The molecule has 0 bridgehead atoms. The Morgan fingerprint density at radius 1 is 1.28 bits per heavy atom. The highest BCUT2D eigenvalue weighted by Crippen LogP contribution is 2.16. The number of fused-ring (bicyclic) bond motifs is 1. The number of halogens is 1. The monoisotopic (exact) mass is 352 g/mol. The van der Waals surface area contributed by atoms with Crippen molar-refractivity contribution in [2.45, 2.75) is 6.54 Å². The van der Waals surface area contributed by atoms with Crippen LogP contribution in [0.3, 0.4) is 0 Å². The first-order chi connectivity index (χ1) is 12.2. The van der Waals surface area contributed by atoms with Crippen LogP contribution in [-0.2, 0) is 6.54 Å². The molecule has 0 saturated heterocycles. The fraction of sp³-hybridized carbons (Fsp3) is 0.0556. The minimum absolute atomic E-state index is 0.277. The van der Waals surface area contributed by atoms with Crippen molar-refractivity contribution in [3.63, 3.8) is 0 Å². The molecule has 1 aromatic carbocycles. The summed E-state index contributed by atoms with van der Waals surface area (Å²) in [5.41, 5.74) is 1.66. The van der Waals surface area contributed by atoms with Crippen molar-refractivity contribution in [2.75, 3.05) is 0 Å². The number of thiazole rings is 1. The zero-order chi connectivity index (χ0) is 17.2. The number of aromatic nitrogens is 3. The highest BCUT2D eigenvalue weighted by molar-refractivity contribution is 7.07. The van der Waals surface area contributed by atoms with E-state index in [-0.39, 0.29) is 11.7 Å². The van der Waals surface area contributed by atoms with Crippen LogP contribution in [-0.4, -0.2) is 20.4 Å². The van der Waals surface area contributed by atoms with E-state index in [0.29, 0.717) is 28.1 Å². The normalized spacial score (nSPS) is 12.0. The third-order valence-corrected chi connectivity index (χ3v) is 4.63. The Morgan fingerprint density at radius 3 is 3.04 bits per heavy atom. The fourth-order valence-electron chi connectivity index (χ4n) is 2.60. The van der Waals surface area contributed by atoms with Crippen LogP contribution < -0.4 is 4.80 Å². The van der Waals surface area contributed by atoms with E-state index < -0.39 is 0 Å². The lowest BCUT2D eigenvalue weighted by Gasteiger charge is -2.04. The zero-order valence-electron chi connectivity index (χ0n) is 13.0. The van der Waals surface area contributed by atoms with Crippen molar-refractivity contribution < 1.29 is 9.18 Å². The summed E-state index contributed by atoms with van der Waals surface area (Å²) in [5, 5.41) is 2.55. The predicted molar refractivity (Wildman–Crippen MR) is 93.8 cm³/mol. The molecule has 0 unspecified atom stereocenters. The molecular weight excluding hydrogens is 339 g/mol. The first-order valence-electron chi connectivity index (χ1n) is 7.61. The van der Waals surface area contributed by atoms with Gasteiger partial charge in [-0.2, -0.15) is 4.99 Å². The van der Waals surface area contributed by atoms with Crippen LogP contribution >= 0.6 is 11.3 Å². The number of amides is 1. The molecule has 4 rings (SSSR count). The van der Waals surface area contributed by atoms with E-state index in [1.165, 1.54) is 17.4 Å². The number of carbonyl (C=O) groups is 1. The number of aromatic amines is 1. The summed E-state index contributed by atoms with van der Waals surface area (Å²) in [4.78, 5) is 24.4. The van der Waals surface area contributed by atoms with Crippen molar-refractivity contribution in [3.8, 4) is 0 Å². The van der Waals surface area contributed by atoms with E-state index in [4.69, 9.17) is 0 Å². The van der Waals surface area contributed by atoms with E-state index in [9.17, 15) is 9.18 Å². The predicted octanol–water partition coefficient (Wildman–Crippen LogP) is 3.35. The van der Waals surface area contributed by atoms with Crippen LogP contribution in [0.4, 0.5) is 4.39 Å². The molecule has 5 nitrogen and oxygen atoms in total. The second-order valence-electron chi connectivity index (χ2n) is 5.42. The van der Waals surface area contributed by atoms with Gasteiger partial charge in [0.05, 0.1) is 12.1 Å². The van der Waals surface area contributed by atoms with Gasteiger partial charge in [-0.1, -0.05) is 18.2 Å². The van der Waals surface area contributed by atoms with E-state index in [1.807, 2.05) is 11.4 Å². The maximum Gasteiger partial charge on any atom is 0.281 e. The molecule has 0 aliphatic heterocycles. The molecule has 1 N–H and O–H groups in total. The van der Waals surface area contributed by atoms with Crippen LogP contribution in [0.1, 0.15) is 15.9 Å². The molecule has 0 aliphatic rings. The number of hydrogen-bond donors (Lipinski definition) is 1. The lowest BCUT2D eigenvalue weighted by molar-refractivity contribution is 0.0999. The Hall–Kier alpha value is -3.06. The summed E-state index contributed by atoms with van der Waals surface area (Å²) in [5.74, 6) is -0.634. The number of rotatable bonds is 3. The number of hydrogen-bond acceptors (Lipinski definition) is 3. The molecule has 0 radical (unpaired) electrons. The molecule has 3 heterocycles. The highest BCUT2D eigenvalue weighted by Gasteiger charge is 2.12. The summed E-state index contributed by atoms with van der Waals surface area (Å²) >= 11 is 1.33. The molecule has 0 saturated carbocycles. The molecule has 0 fully saturated rings. The van der Waals surface area contributed by atoms with Crippen molar-refractivity contribution in [3.05, 3.63) is 82.1 Å². The summed E-state index contributed by atoms with van der Waals surface area (Å²) in [6.07, 6.45) is 5.06. The molecule has 25 heavy (non-hydrogen) atoms. The van der Waals surface area contributed by atoms with E-state index >= 15 is 0 Å². The Kier molecular flexibility index (Phi) is 3.99. The summed E-state index contributed by atoms with van der Waals surface area (Å²) in [7, 11) is 0. The third-order valence-electron chi connectivity index (χ3n) is 3.84. The number of nitrogens with one attached hydrogen (secondary N) is 1. The number of nitrogens with zero attached hydrogens (tertiary/aromatic N) is 3. The summed E-state index contributed by atoms with van der Waals surface area (Å²) < 4.78 is 15.6. The average Bonchev–Trinajstić information content (AvgIpc) is 3.24. The molecule has 4 aromatic rings. The number of carbonyl (C=O) groups excluding carboxylic acids is 1. The smallest absolute Gasteiger partial charge is 0.281 e. The van der Waals surface area contributed by atoms with E-state index in [0.717, 1.165) is 5.39 Å². The van der Waals surface area contributed by atoms with Gasteiger partial charge < -0.3 is 9.55 Å². The minimum atomic E-state index is -0.357.